The Morgan fingerprint density at radius 3 is 2.52 bits per heavy atom. The number of benzene rings is 1. The highest BCUT2D eigenvalue weighted by Crippen LogP contribution is 2.28. The van der Waals surface area contributed by atoms with Crippen LogP contribution in [0.3, 0.4) is 0 Å². The lowest BCUT2D eigenvalue weighted by Crippen LogP contribution is -2.53. The first-order chi connectivity index (χ1) is 15.0. The molecule has 31 heavy (non-hydrogen) atoms. The van der Waals surface area contributed by atoms with Crippen molar-refractivity contribution in [1.82, 2.24) is 20.1 Å². The maximum Gasteiger partial charge on any atom is 0.253 e. The second-order valence-corrected chi connectivity index (χ2v) is 7.96. The van der Waals surface area contributed by atoms with Crippen LogP contribution in [0, 0.1) is 5.82 Å². The van der Waals surface area contributed by atoms with Gasteiger partial charge < -0.3 is 15.1 Å². The molecule has 0 spiro atoms. The molecule has 2 aliphatic rings. The predicted octanol–water partition coefficient (Wildman–Crippen LogP) is 2.13. The molecule has 2 saturated heterocycles. The van der Waals surface area contributed by atoms with Gasteiger partial charge in [0.1, 0.15) is 11.9 Å². The first-order valence-electron chi connectivity index (χ1n) is 10.6. The number of amides is 3. The highest BCUT2D eigenvalue weighted by Gasteiger charge is 2.41. The highest BCUT2D eigenvalue weighted by atomic mass is 19.1. The Morgan fingerprint density at radius 2 is 1.84 bits per heavy atom. The Bertz CT molecular complexity index is 943. The molecule has 1 aromatic carbocycles. The Morgan fingerprint density at radius 1 is 1.10 bits per heavy atom. The zero-order chi connectivity index (χ0) is 21.8. The number of hydrogen-bond acceptors (Lipinski definition) is 4. The quantitative estimate of drug-likeness (QED) is 0.797. The zero-order valence-corrected chi connectivity index (χ0v) is 17.2. The number of halogens is 1. The molecule has 1 unspecified atom stereocenters. The molecule has 1 aromatic heterocycles. The third kappa shape index (κ3) is 4.73. The number of pyridine rings is 1. The molecule has 3 amide bonds. The Labute approximate surface area is 180 Å². The van der Waals surface area contributed by atoms with Gasteiger partial charge in [-0.05, 0) is 55.2 Å². The molecule has 3 heterocycles. The van der Waals surface area contributed by atoms with Crippen molar-refractivity contribution in [1.29, 1.82) is 0 Å². The summed E-state index contributed by atoms with van der Waals surface area (Å²) in [6, 6.07) is 8.67. The van der Waals surface area contributed by atoms with Gasteiger partial charge in [0.25, 0.3) is 5.91 Å². The third-order valence-corrected chi connectivity index (χ3v) is 5.98. The van der Waals surface area contributed by atoms with E-state index in [1.807, 2.05) is 12.1 Å². The number of carbonyl (C=O) groups is 3. The minimum absolute atomic E-state index is 0.00941. The number of nitrogens with one attached hydrogen (secondary N) is 1. The number of hydrogen-bond donors (Lipinski definition) is 1. The van der Waals surface area contributed by atoms with Crippen molar-refractivity contribution in [3.05, 3.63) is 65.7 Å². The summed E-state index contributed by atoms with van der Waals surface area (Å²) >= 11 is 0. The van der Waals surface area contributed by atoms with E-state index < -0.39 is 6.04 Å². The van der Waals surface area contributed by atoms with Gasteiger partial charge in [0, 0.05) is 50.1 Å². The van der Waals surface area contributed by atoms with Crippen LogP contribution in [0.1, 0.15) is 41.6 Å². The van der Waals surface area contributed by atoms with Crippen molar-refractivity contribution in [2.24, 2.45) is 0 Å². The van der Waals surface area contributed by atoms with E-state index in [4.69, 9.17) is 0 Å². The topological polar surface area (TPSA) is 82.6 Å². The summed E-state index contributed by atoms with van der Waals surface area (Å²) in [5.41, 5.74) is 1.35. The Hall–Kier alpha value is -3.29. The van der Waals surface area contributed by atoms with E-state index >= 15 is 0 Å². The summed E-state index contributed by atoms with van der Waals surface area (Å²) < 4.78 is 13.1. The lowest BCUT2D eigenvalue weighted by atomic mass is 10.0. The van der Waals surface area contributed by atoms with E-state index in [0.717, 1.165) is 5.56 Å². The summed E-state index contributed by atoms with van der Waals surface area (Å²) in [7, 11) is 0. The van der Waals surface area contributed by atoms with Crippen LogP contribution in [0.4, 0.5) is 4.39 Å². The molecule has 0 saturated carbocycles. The van der Waals surface area contributed by atoms with Gasteiger partial charge in [0.05, 0.1) is 0 Å². The third-order valence-electron chi connectivity index (χ3n) is 5.98. The van der Waals surface area contributed by atoms with E-state index in [1.54, 1.807) is 22.2 Å². The molecule has 2 aliphatic heterocycles. The van der Waals surface area contributed by atoms with Crippen molar-refractivity contribution in [2.75, 3.05) is 13.1 Å². The van der Waals surface area contributed by atoms with Crippen LogP contribution in [0.2, 0.25) is 0 Å². The molecule has 0 bridgehead atoms. The summed E-state index contributed by atoms with van der Waals surface area (Å²) in [4.78, 5) is 45.5. The van der Waals surface area contributed by atoms with Crippen molar-refractivity contribution in [3.63, 3.8) is 0 Å². The monoisotopic (exact) mass is 424 g/mol. The lowest BCUT2D eigenvalue weighted by Gasteiger charge is -2.39. The maximum absolute atomic E-state index is 13.1. The standard InChI is InChI=1S/C23H25FN4O3/c24-18-5-3-17(4-6-18)23(31)27-12-9-19(10-13-27)28-20(7-8-21(28)29)22(30)26-15-16-2-1-11-25-14-16/h1-6,11,14,19-20H,7-10,12-13,15H2,(H,26,30). The zero-order valence-electron chi connectivity index (χ0n) is 17.2. The fourth-order valence-electron chi connectivity index (χ4n) is 4.35. The highest BCUT2D eigenvalue weighted by molar-refractivity contribution is 5.94. The summed E-state index contributed by atoms with van der Waals surface area (Å²) in [5.74, 6) is -0.683. The fourth-order valence-corrected chi connectivity index (χ4v) is 4.35. The van der Waals surface area contributed by atoms with Crippen molar-refractivity contribution in [2.45, 2.75) is 44.3 Å². The van der Waals surface area contributed by atoms with Crippen LogP contribution < -0.4 is 5.32 Å². The summed E-state index contributed by atoms with van der Waals surface area (Å²) in [6.45, 7) is 1.36. The molecule has 2 fully saturated rings. The van der Waals surface area contributed by atoms with Crippen LogP contribution in [0.25, 0.3) is 0 Å². The van der Waals surface area contributed by atoms with Gasteiger partial charge in [-0.3, -0.25) is 19.4 Å². The predicted molar refractivity (Wildman–Crippen MR) is 111 cm³/mol. The van der Waals surface area contributed by atoms with Gasteiger partial charge in [-0.25, -0.2) is 4.39 Å². The van der Waals surface area contributed by atoms with E-state index in [2.05, 4.69) is 10.3 Å². The molecule has 4 rings (SSSR count). The van der Waals surface area contributed by atoms with E-state index in [9.17, 15) is 18.8 Å². The molecule has 1 N–H and O–H groups in total. The van der Waals surface area contributed by atoms with Crippen LogP contribution in [0.5, 0.6) is 0 Å². The SMILES string of the molecule is O=C(NCc1cccnc1)C1CCC(=O)N1C1CCN(C(=O)c2ccc(F)cc2)CC1. The number of piperidine rings is 1. The minimum Gasteiger partial charge on any atom is -0.350 e. The second kappa shape index (κ2) is 9.24. The van der Waals surface area contributed by atoms with Gasteiger partial charge in [-0.15, -0.1) is 0 Å². The van der Waals surface area contributed by atoms with Gasteiger partial charge in [-0.1, -0.05) is 6.07 Å². The molecule has 7 nitrogen and oxygen atoms in total. The number of likely N-dealkylation sites (tertiary alicyclic amines) is 2. The Balaban J connectivity index is 1.35. The lowest BCUT2D eigenvalue weighted by molar-refractivity contribution is -0.138. The average Bonchev–Trinajstić information content (AvgIpc) is 3.20. The maximum atomic E-state index is 13.1. The number of nitrogens with zero attached hydrogens (tertiary/aromatic N) is 3. The molecule has 0 radical (unpaired) electrons. The first-order valence-corrected chi connectivity index (χ1v) is 10.6. The van der Waals surface area contributed by atoms with E-state index in [-0.39, 0.29) is 29.6 Å². The van der Waals surface area contributed by atoms with E-state index in [0.29, 0.717) is 50.9 Å². The van der Waals surface area contributed by atoms with Gasteiger partial charge in [0.15, 0.2) is 0 Å². The van der Waals surface area contributed by atoms with Gasteiger partial charge in [0.2, 0.25) is 11.8 Å². The number of aromatic nitrogens is 1. The van der Waals surface area contributed by atoms with Crippen LogP contribution in [0.15, 0.2) is 48.8 Å². The van der Waals surface area contributed by atoms with Crippen molar-refractivity contribution < 1.29 is 18.8 Å². The summed E-state index contributed by atoms with van der Waals surface area (Å²) in [5, 5.41) is 2.92. The normalized spacial score (nSPS) is 19.5. The van der Waals surface area contributed by atoms with Crippen LogP contribution in [-0.2, 0) is 16.1 Å². The van der Waals surface area contributed by atoms with Gasteiger partial charge >= 0.3 is 0 Å². The van der Waals surface area contributed by atoms with Crippen molar-refractivity contribution in [3.8, 4) is 0 Å². The molecule has 2 aromatic rings. The van der Waals surface area contributed by atoms with E-state index in [1.165, 1.54) is 24.3 Å². The second-order valence-electron chi connectivity index (χ2n) is 7.96. The molecule has 8 heteroatoms. The molecular formula is C23H25FN4O3. The molecule has 0 aliphatic carbocycles. The Kier molecular flexibility index (Phi) is 6.25. The van der Waals surface area contributed by atoms with Crippen molar-refractivity contribution >= 4 is 17.7 Å². The fraction of sp³-hybridized carbons (Fsp3) is 0.391. The molecular weight excluding hydrogens is 399 g/mol. The smallest absolute Gasteiger partial charge is 0.253 e. The summed E-state index contributed by atoms with van der Waals surface area (Å²) in [6.07, 6.45) is 5.48. The molecule has 162 valence electrons. The largest absolute Gasteiger partial charge is 0.350 e. The van der Waals surface area contributed by atoms with Gasteiger partial charge in [-0.2, -0.15) is 0 Å². The minimum atomic E-state index is -0.478. The number of rotatable bonds is 5. The number of carbonyl (C=O) groups excluding carboxylic acids is 3. The van der Waals surface area contributed by atoms with Crippen LogP contribution >= 0.6 is 0 Å². The average molecular weight is 424 g/mol. The first kappa shape index (κ1) is 21.0. The molecule has 1 atom stereocenters. The van der Waals surface area contributed by atoms with Crippen LogP contribution in [-0.4, -0.2) is 57.7 Å².